The number of halogens is 1. The zero-order valence-electron chi connectivity index (χ0n) is 20.6. The number of morpholine rings is 1. The van der Waals surface area contributed by atoms with Gasteiger partial charge < -0.3 is 18.9 Å². The highest BCUT2D eigenvalue weighted by Crippen LogP contribution is 2.37. The van der Waals surface area contributed by atoms with E-state index < -0.39 is 0 Å². The summed E-state index contributed by atoms with van der Waals surface area (Å²) in [5.74, 6) is 0.621. The minimum Gasteiger partial charge on any atom is -0.378 e. The third-order valence-electron chi connectivity index (χ3n) is 6.33. The Labute approximate surface area is 216 Å². The number of aromatic nitrogens is 3. The summed E-state index contributed by atoms with van der Waals surface area (Å²) in [4.78, 5) is 14.5. The fourth-order valence-electron chi connectivity index (χ4n) is 4.48. The summed E-state index contributed by atoms with van der Waals surface area (Å²) in [6.07, 6.45) is 2.47. The lowest BCUT2D eigenvalue weighted by atomic mass is 9.94. The molecule has 0 bridgehead atoms. The van der Waals surface area contributed by atoms with E-state index in [4.69, 9.17) is 12.6 Å². The fraction of sp³-hybridized carbons (Fsp3) is 0.333. The predicted octanol–water partition coefficient (Wildman–Crippen LogP) is 5.02. The van der Waals surface area contributed by atoms with E-state index in [1.54, 1.807) is 24.3 Å². The lowest BCUT2D eigenvalue weighted by Gasteiger charge is -2.27. The molecule has 4 aromatic rings. The topological polar surface area (TPSA) is 57.3 Å². The van der Waals surface area contributed by atoms with Crippen molar-refractivity contribution in [2.24, 2.45) is 0 Å². The predicted molar refractivity (Wildman–Crippen MR) is 148 cm³/mol. The summed E-state index contributed by atoms with van der Waals surface area (Å²) in [5.41, 5.74) is 4.75. The minimum atomic E-state index is -0.258. The summed E-state index contributed by atoms with van der Waals surface area (Å²) in [6, 6.07) is 15.3. The average Bonchev–Trinajstić information content (AvgIpc) is 3.33. The van der Waals surface area contributed by atoms with Gasteiger partial charge in [0.2, 0.25) is 0 Å². The maximum Gasteiger partial charge on any atom is 0.148 e. The molecule has 1 aliphatic heterocycles. The summed E-state index contributed by atoms with van der Waals surface area (Å²) in [5, 5.41) is 1.06. The zero-order valence-corrected chi connectivity index (χ0v) is 21.4. The molecular weight excluding hydrogens is 472 g/mol. The number of fused-ring (bicyclic) bond motifs is 1. The first-order valence-electron chi connectivity index (χ1n) is 12.3. The molecule has 0 saturated carbocycles. The summed E-state index contributed by atoms with van der Waals surface area (Å²) in [6.45, 7) is 7.88. The lowest BCUT2D eigenvalue weighted by Crippen LogP contribution is -2.36. The van der Waals surface area contributed by atoms with Crippen LogP contribution >= 0.6 is 11.9 Å². The zero-order chi connectivity index (χ0) is 25.1. The standard InChI is InChI=1S/C27H29BFN5OS/c1-3-9-34(36-18(2)19-5-4-6-21(28)14-19)25-8-7-20(15-23(25)29)24-16-22-26(32-24)30-17-31-27(22)33-10-12-35-13-11-33/h4-8,14-18H,3,9-13H2,1-2H3,(H,30,31,32). The van der Waals surface area contributed by atoms with Crippen LogP contribution in [0.2, 0.25) is 0 Å². The number of hydrogen-bond acceptors (Lipinski definition) is 6. The van der Waals surface area contributed by atoms with E-state index in [1.165, 1.54) is 0 Å². The first-order valence-corrected chi connectivity index (χ1v) is 13.1. The van der Waals surface area contributed by atoms with Crippen LogP contribution in [0.4, 0.5) is 15.9 Å². The van der Waals surface area contributed by atoms with Crippen molar-refractivity contribution in [3.05, 3.63) is 66.2 Å². The van der Waals surface area contributed by atoms with Crippen LogP contribution in [-0.4, -0.2) is 55.6 Å². The smallest absolute Gasteiger partial charge is 0.148 e. The summed E-state index contributed by atoms with van der Waals surface area (Å²) < 4.78 is 23.0. The molecule has 1 atom stereocenters. The second kappa shape index (κ2) is 10.9. The van der Waals surface area contributed by atoms with Crippen LogP contribution in [0.3, 0.4) is 0 Å². The molecule has 2 radical (unpaired) electrons. The van der Waals surface area contributed by atoms with Gasteiger partial charge in [-0.25, -0.2) is 14.4 Å². The van der Waals surface area contributed by atoms with Crippen molar-refractivity contribution in [2.45, 2.75) is 25.5 Å². The monoisotopic (exact) mass is 501 g/mol. The van der Waals surface area contributed by atoms with Crippen LogP contribution < -0.4 is 14.7 Å². The van der Waals surface area contributed by atoms with Gasteiger partial charge in [-0.15, -0.1) is 0 Å². The Morgan fingerprint density at radius 1 is 1.17 bits per heavy atom. The number of nitrogens with one attached hydrogen (secondary N) is 1. The molecule has 0 amide bonds. The lowest BCUT2D eigenvalue weighted by molar-refractivity contribution is 0.122. The van der Waals surface area contributed by atoms with Gasteiger partial charge in [0.1, 0.15) is 31.5 Å². The molecule has 2 aromatic heterocycles. The van der Waals surface area contributed by atoms with Crippen molar-refractivity contribution < 1.29 is 9.13 Å². The van der Waals surface area contributed by atoms with E-state index in [1.807, 2.05) is 40.7 Å². The first kappa shape index (κ1) is 24.7. The van der Waals surface area contributed by atoms with Crippen LogP contribution in [0, 0.1) is 5.82 Å². The number of hydrogen-bond donors (Lipinski definition) is 1. The van der Waals surface area contributed by atoms with Crippen LogP contribution in [0.5, 0.6) is 0 Å². The number of benzene rings is 2. The molecule has 1 aliphatic rings. The van der Waals surface area contributed by atoms with Gasteiger partial charge in [0, 0.05) is 36.1 Å². The molecule has 36 heavy (non-hydrogen) atoms. The van der Waals surface area contributed by atoms with Gasteiger partial charge in [-0.2, -0.15) is 0 Å². The van der Waals surface area contributed by atoms with Crippen LogP contribution in [-0.2, 0) is 4.74 Å². The van der Waals surface area contributed by atoms with E-state index in [0.717, 1.165) is 65.2 Å². The third kappa shape index (κ3) is 5.22. The molecule has 3 heterocycles. The van der Waals surface area contributed by atoms with Crippen molar-refractivity contribution in [1.82, 2.24) is 15.0 Å². The quantitative estimate of drug-likeness (QED) is 0.270. The number of nitrogens with zero attached hydrogens (tertiary/aromatic N) is 4. The van der Waals surface area contributed by atoms with Gasteiger partial charge in [-0.3, -0.25) is 0 Å². The Kier molecular flexibility index (Phi) is 7.48. The second-order valence-corrected chi connectivity index (χ2v) is 10.3. The number of rotatable bonds is 8. The Balaban J connectivity index is 1.41. The van der Waals surface area contributed by atoms with Crippen molar-refractivity contribution in [1.29, 1.82) is 0 Å². The Hall–Kier alpha value is -3.04. The van der Waals surface area contributed by atoms with E-state index in [9.17, 15) is 0 Å². The maximum absolute atomic E-state index is 15.5. The van der Waals surface area contributed by atoms with Crippen molar-refractivity contribution in [3.63, 3.8) is 0 Å². The number of H-pyrrole nitrogens is 1. The van der Waals surface area contributed by atoms with Gasteiger partial charge in [0.15, 0.2) is 0 Å². The molecule has 0 aliphatic carbocycles. The number of anilines is 2. The molecule has 6 nitrogen and oxygen atoms in total. The third-order valence-corrected chi connectivity index (χ3v) is 7.56. The largest absolute Gasteiger partial charge is 0.378 e. The molecule has 1 saturated heterocycles. The fourth-order valence-corrected chi connectivity index (χ4v) is 5.68. The minimum absolute atomic E-state index is 0.130. The highest BCUT2D eigenvalue weighted by atomic mass is 32.2. The van der Waals surface area contributed by atoms with E-state index in [-0.39, 0.29) is 11.1 Å². The summed E-state index contributed by atoms with van der Waals surface area (Å²) in [7, 11) is 5.97. The van der Waals surface area contributed by atoms with Gasteiger partial charge in [0.05, 0.1) is 24.3 Å². The van der Waals surface area contributed by atoms with Gasteiger partial charge >= 0.3 is 0 Å². The molecule has 0 spiro atoms. The van der Waals surface area contributed by atoms with Crippen LogP contribution in [0.15, 0.2) is 54.9 Å². The summed E-state index contributed by atoms with van der Waals surface area (Å²) >= 11 is 1.62. The van der Waals surface area contributed by atoms with Gasteiger partial charge in [-0.05, 0) is 49.1 Å². The number of ether oxygens (including phenoxy) is 1. The van der Waals surface area contributed by atoms with Gasteiger partial charge in [0.25, 0.3) is 0 Å². The SMILES string of the molecule is [B]c1cccc(C(C)SN(CCC)c2ccc(-c3cc4c(N5CCOCC5)ncnc4[nH]3)cc2F)c1. The van der Waals surface area contributed by atoms with Crippen molar-refractivity contribution >= 4 is 47.8 Å². The van der Waals surface area contributed by atoms with Crippen LogP contribution in [0.1, 0.15) is 31.1 Å². The average molecular weight is 501 g/mol. The maximum atomic E-state index is 15.5. The molecule has 2 aromatic carbocycles. The first-order chi connectivity index (χ1) is 17.5. The molecule has 1 unspecified atom stereocenters. The molecule has 1 fully saturated rings. The second-order valence-electron chi connectivity index (χ2n) is 8.93. The highest BCUT2D eigenvalue weighted by Gasteiger charge is 2.20. The van der Waals surface area contributed by atoms with Crippen LogP contribution in [0.25, 0.3) is 22.3 Å². The molecule has 9 heteroatoms. The number of aromatic amines is 1. The molecule has 184 valence electrons. The van der Waals surface area contributed by atoms with Gasteiger partial charge in [-0.1, -0.05) is 42.7 Å². The Morgan fingerprint density at radius 3 is 2.75 bits per heavy atom. The van der Waals surface area contributed by atoms with E-state index in [2.05, 4.69) is 39.8 Å². The van der Waals surface area contributed by atoms with E-state index in [0.29, 0.717) is 18.9 Å². The molecule has 5 rings (SSSR count). The highest BCUT2D eigenvalue weighted by molar-refractivity contribution is 8.00. The van der Waals surface area contributed by atoms with E-state index >= 15 is 4.39 Å². The Morgan fingerprint density at radius 2 is 2.00 bits per heavy atom. The Bertz CT molecular complexity index is 1340. The normalized spacial score (nSPS) is 14.8. The van der Waals surface area contributed by atoms with Crippen molar-refractivity contribution in [2.75, 3.05) is 42.1 Å². The molecular formula is C27H29BFN5OS. The van der Waals surface area contributed by atoms with Crippen molar-refractivity contribution in [3.8, 4) is 11.3 Å². The molecule has 1 N–H and O–H groups in total.